The van der Waals surface area contributed by atoms with E-state index in [-0.39, 0.29) is 6.04 Å². The average molecular weight is 310 g/mol. The van der Waals surface area contributed by atoms with E-state index in [1.54, 1.807) is 0 Å². The standard InChI is InChI=1S/C15H17Cl2N3/c1-3-5-13-14(17)18-9-19-15(13)20-10(2)11-6-4-7-12(16)8-11/h4,6-10H,3,5H2,1-2H3,(H,18,19,20). The van der Waals surface area contributed by atoms with E-state index in [0.29, 0.717) is 5.15 Å². The minimum atomic E-state index is 0.0928. The Morgan fingerprint density at radius 1 is 1.25 bits per heavy atom. The fraction of sp³-hybridized carbons (Fsp3) is 0.333. The average Bonchev–Trinajstić information content (AvgIpc) is 2.42. The maximum absolute atomic E-state index is 6.15. The van der Waals surface area contributed by atoms with Crippen LogP contribution >= 0.6 is 23.2 Å². The Bertz CT molecular complexity index is 587. The van der Waals surface area contributed by atoms with Crippen molar-refractivity contribution in [2.45, 2.75) is 32.7 Å². The zero-order valence-corrected chi connectivity index (χ0v) is 13.0. The fourth-order valence-corrected chi connectivity index (χ4v) is 2.48. The molecule has 0 amide bonds. The molecule has 0 aliphatic carbocycles. The Labute approximate surface area is 129 Å². The molecular weight excluding hydrogens is 293 g/mol. The molecule has 1 N–H and O–H groups in total. The summed E-state index contributed by atoms with van der Waals surface area (Å²) in [6.07, 6.45) is 3.33. The summed E-state index contributed by atoms with van der Waals surface area (Å²) in [5, 5.41) is 4.63. The SMILES string of the molecule is CCCc1c(Cl)ncnc1NC(C)c1cccc(Cl)c1. The lowest BCUT2D eigenvalue weighted by atomic mass is 10.1. The molecule has 1 unspecified atom stereocenters. The number of nitrogens with zero attached hydrogens (tertiary/aromatic N) is 2. The van der Waals surface area contributed by atoms with Gasteiger partial charge in [0.2, 0.25) is 0 Å². The molecule has 0 aliphatic rings. The Balaban J connectivity index is 2.23. The Morgan fingerprint density at radius 3 is 2.75 bits per heavy atom. The Hall–Kier alpha value is -1.32. The van der Waals surface area contributed by atoms with Crippen LogP contribution in [-0.2, 0) is 6.42 Å². The van der Waals surface area contributed by atoms with Crippen LogP contribution in [0.5, 0.6) is 0 Å². The molecule has 0 saturated heterocycles. The van der Waals surface area contributed by atoms with Gasteiger partial charge in [0.25, 0.3) is 0 Å². The number of aromatic nitrogens is 2. The number of hydrogen-bond acceptors (Lipinski definition) is 3. The van der Waals surface area contributed by atoms with Crippen LogP contribution in [0.1, 0.15) is 37.4 Å². The van der Waals surface area contributed by atoms with E-state index in [1.165, 1.54) is 6.33 Å². The van der Waals surface area contributed by atoms with Crippen molar-refractivity contribution in [2.75, 3.05) is 5.32 Å². The van der Waals surface area contributed by atoms with Crippen LogP contribution in [0.3, 0.4) is 0 Å². The number of hydrogen-bond donors (Lipinski definition) is 1. The molecule has 0 aliphatic heterocycles. The number of nitrogens with one attached hydrogen (secondary N) is 1. The van der Waals surface area contributed by atoms with Gasteiger partial charge in [-0.15, -0.1) is 0 Å². The molecule has 5 heteroatoms. The number of benzene rings is 1. The summed E-state index contributed by atoms with van der Waals surface area (Å²) in [5.74, 6) is 0.791. The van der Waals surface area contributed by atoms with Crippen molar-refractivity contribution in [3.63, 3.8) is 0 Å². The molecule has 0 fully saturated rings. The van der Waals surface area contributed by atoms with Crippen molar-refractivity contribution in [2.24, 2.45) is 0 Å². The first-order valence-electron chi connectivity index (χ1n) is 6.63. The van der Waals surface area contributed by atoms with E-state index in [9.17, 15) is 0 Å². The fourth-order valence-electron chi connectivity index (χ4n) is 2.05. The smallest absolute Gasteiger partial charge is 0.137 e. The Morgan fingerprint density at radius 2 is 2.05 bits per heavy atom. The number of rotatable bonds is 5. The zero-order valence-electron chi connectivity index (χ0n) is 11.5. The van der Waals surface area contributed by atoms with Gasteiger partial charge in [-0.3, -0.25) is 0 Å². The predicted octanol–water partition coefficient (Wildman–Crippen LogP) is 4.91. The zero-order chi connectivity index (χ0) is 14.5. The van der Waals surface area contributed by atoms with Gasteiger partial charge >= 0.3 is 0 Å². The lowest BCUT2D eigenvalue weighted by Crippen LogP contribution is -2.11. The quantitative estimate of drug-likeness (QED) is 0.797. The topological polar surface area (TPSA) is 37.8 Å². The van der Waals surface area contributed by atoms with Crippen molar-refractivity contribution in [1.82, 2.24) is 9.97 Å². The van der Waals surface area contributed by atoms with Gasteiger partial charge in [-0.2, -0.15) is 0 Å². The molecule has 2 aromatic rings. The van der Waals surface area contributed by atoms with Gasteiger partial charge in [0.15, 0.2) is 0 Å². The van der Waals surface area contributed by atoms with Crippen molar-refractivity contribution < 1.29 is 0 Å². The van der Waals surface area contributed by atoms with E-state index in [2.05, 4.69) is 29.1 Å². The highest BCUT2D eigenvalue weighted by Gasteiger charge is 2.12. The highest BCUT2D eigenvalue weighted by atomic mass is 35.5. The van der Waals surface area contributed by atoms with Gasteiger partial charge in [-0.1, -0.05) is 48.7 Å². The van der Waals surface area contributed by atoms with Crippen molar-refractivity contribution in [3.05, 3.63) is 51.9 Å². The second-order valence-electron chi connectivity index (χ2n) is 4.66. The van der Waals surface area contributed by atoms with Gasteiger partial charge in [0.1, 0.15) is 17.3 Å². The molecule has 0 radical (unpaired) electrons. The number of anilines is 1. The van der Waals surface area contributed by atoms with Gasteiger partial charge in [0.05, 0.1) is 6.04 Å². The molecule has 1 heterocycles. The third-order valence-corrected chi connectivity index (χ3v) is 3.66. The summed E-state index contributed by atoms with van der Waals surface area (Å²) in [4.78, 5) is 8.35. The second kappa shape index (κ2) is 6.91. The molecule has 0 saturated carbocycles. The van der Waals surface area contributed by atoms with E-state index < -0.39 is 0 Å². The molecule has 3 nitrogen and oxygen atoms in total. The van der Waals surface area contributed by atoms with Crippen LogP contribution < -0.4 is 5.32 Å². The monoisotopic (exact) mass is 309 g/mol. The summed E-state index contributed by atoms with van der Waals surface area (Å²) < 4.78 is 0. The highest BCUT2D eigenvalue weighted by Crippen LogP contribution is 2.26. The molecule has 1 aromatic carbocycles. The number of halogens is 2. The van der Waals surface area contributed by atoms with Crippen LogP contribution in [0.15, 0.2) is 30.6 Å². The van der Waals surface area contributed by atoms with Gasteiger partial charge < -0.3 is 5.32 Å². The van der Waals surface area contributed by atoms with Crippen LogP contribution in [-0.4, -0.2) is 9.97 Å². The summed E-state index contributed by atoms with van der Waals surface area (Å²) in [6, 6.07) is 7.88. The van der Waals surface area contributed by atoms with Crippen LogP contribution in [0.4, 0.5) is 5.82 Å². The van der Waals surface area contributed by atoms with Crippen molar-refractivity contribution in [3.8, 4) is 0 Å². The van der Waals surface area contributed by atoms with Gasteiger partial charge in [-0.05, 0) is 31.0 Å². The lowest BCUT2D eigenvalue weighted by Gasteiger charge is -2.18. The molecule has 2 rings (SSSR count). The van der Waals surface area contributed by atoms with Crippen LogP contribution in [0.2, 0.25) is 10.2 Å². The third kappa shape index (κ3) is 3.62. The molecule has 106 valence electrons. The highest BCUT2D eigenvalue weighted by molar-refractivity contribution is 6.30. The van der Waals surface area contributed by atoms with Crippen LogP contribution in [0.25, 0.3) is 0 Å². The summed E-state index contributed by atoms with van der Waals surface area (Å²) in [5.41, 5.74) is 2.07. The van der Waals surface area contributed by atoms with E-state index >= 15 is 0 Å². The van der Waals surface area contributed by atoms with E-state index in [1.807, 2.05) is 24.3 Å². The van der Waals surface area contributed by atoms with E-state index in [4.69, 9.17) is 23.2 Å². The molecular formula is C15H17Cl2N3. The van der Waals surface area contributed by atoms with E-state index in [0.717, 1.165) is 34.8 Å². The lowest BCUT2D eigenvalue weighted by molar-refractivity contribution is 0.846. The van der Waals surface area contributed by atoms with Crippen molar-refractivity contribution in [1.29, 1.82) is 0 Å². The minimum Gasteiger partial charge on any atom is -0.363 e. The molecule has 20 heavy (non-hydrogen) atoms. The first-order valence-corrected chi connectivity index (χ1v) is 7.38. The summed E-state index contributed by atoms with van der Waals surface area (Å²) >= 11 is 12.2. The first kappa shape index (κ1) is 15.1. The third-order valence-electron chi connectivity index (χ3n) is 3.09. The minimum absolute atomic E-state index is 0.0928. The Kier molecular flexibility index (Phi) is 5.21. The summed E-state index contributed by atoms with van der Waals surface area (Å²) in [7, 11) is 0. The molecule has 0 spiro atoms. The normalized spacial score (nSPS) is 12.2. The predicted molar refractivity (Wildman–Crippen MR) is 84.5 cm³/mol. The van der Waals surface area contributed by atoms with Gasteiger partial charge in [0, 0.05) is 10.6 Å². The van der Waals surface area contributed by atoms with Crippen molar-refractivity contribution >= 4 is 29.0 Å². The van der Waals surface area contributed by atoms with Gasteiger partial charge in [-0.25, -0.2) is 9.97 Å². The maximum Gasteiger partial charge on any atom is 0.137 e. The maximum atomic E-state index is 6.15. The molecule has 1 atom stereocenters. The largest absolute Gasteiger partial charge is 0.363 e. The molecule has 0 bridgehead atoms. The molecule has 1 aromatic heterocycles. The second-order valence-corrected chi connectivity index (χ2v) is 5.46. The first-order chi connectivity index (χ1) is 9.61. The van der Waals surface area contributed by atoms with Crippen LogP contribution in [0, 0.1) is 0 Å². The summed E-state index contributed by atoms with van der Waals surface area (Å²) in [6.45, 7) is 4.17.